The summed E-state index contributed by atoms with van der Waals surface area (Å²) in [6, 6.07) is 10.2. The fraction of sp³-hybridized carbons (Fsp3) is 0.0714. The summed E-state index contributed by atoms with van der Waals surface area (Å²) in [6.07, 6.45) is 0. The third-order valence-electron chi connectivity index (χ3n) is 2.64. The van der Waals surface area contributed by atoms with Crippen molar-refractivity contribution in [2.45, 2.75) is 6.92 Å². The van der Waals surface area contributed by atoms with Crippen LogP contribution in [0.3, 0.4) is 0 Å². The normalized spacial score (nSPS) is 10.3. The van der Waals surface area contributed by atoms with Gasteiger partial charge in [-0.05, 0) is 36.8 Å². The van der Waals surface area contributed by atoms with Gasteiger partial charge in [0.15, 0.2) is 0 Å². The lowest BCUT2D eigenvalue weighted by Crippen LogP contribution is -2.13. The molecule has 0 heterocycles. The highest BCUT2D eigenvalue weighted by Gasteiger charge is 2.13. The fourth-order valence-electron chi connectivity index (χ4n) is 1.60. The molecule has 2 nitrogen and oxygen atoms in total. The highest BCUT2D eigenvalue weighted by atomic mass is 35.5. The summed E-state index contributed by atoms with van der Waals surface area (Å²) >= 11 is 17.8. The van der Waals surface area contributed by atoms with Crippen LogP contribution in [0.15, 0.2) is 36.4 Å². The zero-order chi connectivity index (χ0) is 14.0. The molecule has 2 aromatic rings. The van der Waals surface area contributed by atoms with Crippen LogP contribution in [0.4, 0.5) is 5.69 Å². The van der Waals surface area contributed by atoms with Crippen LogP contribution in [0.1, 0.15) is 15.9 Å². The minimum atomic E-state index is -0.321. The summed E-state index contributed by atoms with van der Waals surface area (Å²) in [7, 11) is 0. The predicted octanol–water partition coefficient (Wildman–Crippen LogP) is 5.21. The number of amides is 1. The molecular formula is C14H10Cl3NO. The maximum atomic E-state index is 12.2. The number of hydrogen-bond acceptors (Lipinski definition) is 1. The third-order valence-corrected chi connectivity index (χ3v) is 3.70. The Morgan fingerprint density at radius 1 is 1.11 bits per heavy atom. The lowest BCUT2D eigenvalue weighted by Gasteiger charge is -2.10. The number of halogens is 3. The molecule has 2 rings (SSSR count). The Balaban J connectivity index is 2.31. The van der Waals surface area contributed by atoms with Crippen molar-refractivity contribution >= 4 is 46.4 Å². The van der Waals surface area contributed by atoms with Gasteiger partial charge in [0.1, 0.15) is 0 Å². The van der Waals surface area contributed by atoms with Crippen LogP contribution >= 0.6 is 34.8 Å². The van der Waals surface area contributed by atoms with E-state index in [-0.39, 0.29) is 10.9 Å². The van der Waals surface area contributed by atoms with Crippen molar-refractivity contribution in [1.82, 2.24) is 0 Å². The van der Waals surface area contributed by atoms with Crippen LogP contribution in [0, 0.1) is 6.92 Å². The van der Waals surface area contributed by atoms with E-state index < -0.39 is 0 Å². The number of carbonyl (C=O) groups excluding carboxylic acids is 1. The van der Waals surface area contributed by atoms with E-state index >= 15 is 0 Å². The Kier molecular flexibility index (Phi) is 4.35. The summed E-state index contributed by atoms with van der Waals surface area (Å²) in [5, 5.41) is 3.90. The first kappa shape index (κ1) is 14.2. The van der Waals surface area contributed by atoms with Crippen molar-refractivity contribution in [3.63, 3.8) is 0 Å². The summed E-state index contributed by atoms with van der Waals surface area (Å²) in [5.74, 6) is -0.321. The van der Waals surface area contributed by atoms with Gasteiger partial charge in [0.25, 0.3) is 5.91 Å². The molecule has 98 valence electrons. The second kappa shape index (κ2) is 5.83. The van der Waals surface area contributed by atoms with Crippen LogP contribution < -0.4 is 5.32 Å². The Labute approximate surface area is 126 Å². The Bertz CT molecular complexity index is 641. The lowest BCUT2D eigenvalue weighted by atomic mass is 10.1. The first-order valence-corrected chi connectivity index (χ1v) is 6.64. The smallest absolute Gasteiger partial charge is 0.257 e. The van der Waals surface area contributed by atoms with Gasteiger partial charge < -0.3 is 5.32 Å². The van der Waals surface area contributed by atoms with Crippen LogP contribution in [0.2, 0.25) is 15.1 Å². The van der Waals surface area contributed by atoms with E-state index in [9.17, 15) is 4.79 Å². The van der Waals surface area contributed by atoms with Crippen LogP contribution in [0.25, 0.3) is 0 Å². The average Bonchev–Trinajstić information content (AvgIpc) is 2.37. The van der Waals surface area contributed by atoms with E-state index in [0.29, 0.717) is 21.3 Å². The Hall–Kier alpha value is -1.22. The highest BCUT2D eigenvalue weighted by molar-refractivity contribution is 6.44. The predicted molar refractivity (Wildman–Crippen MR) is 80.6 cm³/mol. The molecule has 0 aliphatic carbocycles. The first-order chi connectivity index (χ1) is 8.99. The van der Waals surface area contributed by atoms with Gasteiger partial charge >= 0.3 is 0 Å². The highest BCUT2D eigenvalue weighted by Crippen LogP contribution is 2.27. The lowest BCUT2D eigenvalue weighted by molar-refractivity contribution is 0.102. The first-order valence-electron chi connectivity index (χ1n) is 5.50. The summed E-state index contributed by atoms with van der Waals surface area (Å²) in [4.78, 5) is 12.2. The summed E-state index contributed by atoms with van der Waals surface area (Å²) in [5.41, 5.74) is 1.89. The number of carbonyl (C=O) groups is 1. The van der Waals surface area contributed by atoms with Gasteiger partial charge in [-0.2, -0.15) is 0 Å². The number of hydrogen-bond donors (Lipinski definition) is 1. The molecule has 0 radical (unpaired) electrons. The Morgan fingerprint density at radius 3 is 2.58 bits per heavy atom. The van der Waals surface area contributed by atoms with E-state index in [4.69, 9.17) is 34.8 Å². The van der Waals surface area contributed by atoms with E-state index in [1.165, 1.54) is 0 Å². The molecule has 0 aliphatic heterocycles. The molecule has 19 heavy (non-hydrogen) atoms. The van der Waals surface area contributed by atoms with Gasteiger partial charge in [-0.25, -0.2) is 0 Å². The molecule has 0 aromatic heterocycles. The van der Waals surface area contributed by atoms with Crippen LogP contribution in [-0.2, 0) is 0 Å². The molecule has 2 aromatic carbocycles. The summed E-state index contributed by atoms with van der Waals surface area (Å²) < 4.78 is 0. The zero-order valence-corrected chi connectivity index (χ0v) is 12.3. The summed E-state index contributed by atoms with van der Waals surface area (Å²) in [6.45, 7) is 1.88. The molecule has 0 spiro atoms. The molecule has 5 heteroatoms. The van der Waals surface area contributed by atoms with Crippen LogP contribution in [-0.4, -0.2) is 5.91 Å². The van der Waals surface area contributed by atoms with Crippen molar-refractivity contribution < 1.29 is 4.79 Å². The van der Waals surface area contributed by atoms with Gasteiger partial charge in [0.2, 0.25) is 0 Å². The van der Waals surface area contributed by atoms with E-state index in [1.54, 1.807) is 30.3 Å². The molecule has 0 fully saturated rings. The second-order valence-corrected chi connectivity index (χ2v) is 5.24. The Morgan fingerprint density at radius 2 is 1.84 bits per heavy atom. The largest absolute Gasteiger partial charge is 0.322 e. The minimum absolute atomic E-state index is 0.237. The van der Waals surface area contributed by atoms with Crippen molar-refractivity contribution in [3.8, 4) is 0 Å². The molecule has 0 unspecified atom stereocenters. The molecule has 0 aliphatic rings. The van der Waals surface area contributed by atoms with Crippen molar-refractivity contribution in [2.24, 2.45) is 0 Å². The van der Waals surface area contributed by atoms with Crippen molar-refractivity contribution in [1.29, 1.82) is 0 Å². The quantitative estimate of drug-likeness (QED) is 0.810. The molecular weight excluding hydrogens is 305 g/mol. The van der Waals surface area contributed by atoms with Crippen LogP contribution in [0.5, 0.6) is 0 Å². The SMILES string of the molecule is Cc1ccc(Cl)cc1NC(=O)c1cccc(Cl)c1Cl. The molecule has 0 saturated carbocycles. The third kappa shape index (κ3) is 3.21. The molecule has 0 saturated heterocycles. The van der Waals surface area contributed by atoms with E-state index in [2.05, 4.69) is 5.32 Å². The monoisotopic (exact) mass is 313 g/mol. The minimum Gasteiger partial charge on any atom is -0.322 e. The molecule has 0 atom stereocenters. The maximum absolute atomic E-state index is 12.2. The van der Waals surface area contributed by atoms with Gasteiger partial charge in [-0.1, -0.05) is 46.9 Å². The van der Waals surface area contributed by atoms with Gasteiger partial charge in [0, 0.05) is 10.7 Å². The molecule has 0 bridgehead atoms. The van der Waals surface area contributed by atoms with Gasteiger partial charge in [0.05, 0.1) is 15.6 Å². The standard InChI is InChI=1S/C14H10Cl3NO/c1-8-5-6-9(15)7-12(8)18-14(19)10-3-2-4-11(16)13(10)17/h2-7H,1H3,(H,18,19). The molecule has 1 N–H and O–H groups in total. The zero-order valence-electron chi connectivity index (χ0n) is 10.0. The fourth-order valence-corrected chi connectivity index (χ4v) is 2.16. The second-order valence-electron chi connectivity index (χ2n) is 4.01. The van der Waals surface area contributed by atoms with Crippen molar-refractivity contribution in [2.75, 3.05) is 5.32 Å². The number of benzene rings is 2. The number of aryl methyl sites for hydroxylation is 1. The maximum Gasteiger partial charge on any atom is 0.257 e. The topological polar surface area (TPSA) is 29.1 Å². The van der Waals surface area contributed by atoms with Gasteiger partial charge in [-0.15, -0.1) is 0 Å². The van der Waals surface area contributed by atoms with Crippen molar-refractivity contribution in [3.05, 3.63) is 62.6 Å². The van der Waals surface area contributed by atoms with E-state index in [1.807, 2.05) is 13.0 Å². The average molecular weight is 315 g/mol. The number of rotatable bonds is 2. The molecule has 1 amide bonds. The van der Waals surface area contributed by atoms with E-state index in [0.717, 1.165) is 5.56 Å². The van der Waals surface area contributed by atoms with Gasteiger partial charge in [-0.3, -0.25) is 4.79 Å². The number of anilines is 1. The number of nitrogens with one attached hydrogen (secondary N) is 1.